The van der Waals surface area contributed by atoms with E-state index in [4.69, 9.17) is 9.15 Å². The van der Waals surface area contributed by atoms with Crippen molar-refractivity contribution in [2.75, 3.05) is 7.11 Å². The average molecular weight is 282 g/mol. The minimum absolute atomic E-state index is 0.0609. The lowest BCUT2D eigenvalue weighted by Crippen LogP contribution is -2.01. The van der Waals surface area contributed by atoms with Crippen LogP contribution in [-0.2, 0) is 0 Å². The van der Waals surface area contributed by atoms with Crippen molar-refractivity contribution >= 4 is 11.0 Å². The minimum atomic E-state index is -0.176. The van der Waals surface area contributed by atoms with E-state index < -0.39 is 0 Å². The molecule has 0 fully saturated rings. The van der Waals surface area contributed by atoms with E-state index in [1.807, 2.05) is 31.2 Å². The third kappa shape index (κ3) is 2.25. The topological polar surface area (TPSA) is 59.7 Å². The molecule has 0 unspecified atom stereocenters. The number of aromatic hydroxyl groups is 1. The third-order valence-corrected chi connectivity index (χ3v) is 3.37. The molecule has 0 saturated heterocycles. The SMILES string of the molecule is COc1c(O)ccc2c(=O)cc(-c3ccc(C)cc3)oc12. The van der Waals surface area contributed by atoms with E-state index in [1.165, 1.54) is 25.3 Å². The number of hydrogen-bond acceptors (Lipinski definition) is 4. The van der Waals surface area contributed by atoms with Crippen molar-refractivity contribution < 1.29 is 14.3 Å². The molecule has 1 N–H and O–H groups in total. The molecule has 0 amide bonds. The van der Waals surface area contributed by atoms with Crippen LogP contribution in [-0.4, -0.2) is 12.2 Å². The lowest BCUT2D eigenvalue weighted by Gasteiger charge is -2.08. The Bertz CT molecular complexity index is 860. The maximum Gasteiger partial charge on any atom is 0.204 e. The number of benzene rings is 2. The van der Waals surface area contributed by atoms with Crippen LogP contribution in [0.3, 0.4) is 0 Å². The number of phenols is 1. The molecule has 106 valence electrons. The molecule has 0 bridgehead atoms. The summed E-state index contributed by atoms with van der Waals surface area (Å²) in [6.07, 6.45) is 0. The van der Waals surface area contributed by atoms with Crippen molar-refractivity contribution in [3.63, 3.8) is 0 Å². The predicted molar refractivity (Wildman–Crippen MR) is 80.9 cm³/mol. The van der Waals surface area contributed by atoms with Crippen LogP contribution in [0.15, 0.2) is 51.7 Å². The number of aryl methyl sites for hydroxylation is 1. The van der Waals surface area contributed by atoms with Crippen LogP contribution >= 0.6 is 0 Å². The van der Waals surface area contributed by atoms with Gasteiger partial charge >= 0.3 is 0 Å². The van der Waals surface area contributed by atoms with E-state index in [-0.39, 0.29) is 22.5 Å². The molecule has 4 nitrogen and oxygen atoms in total. The number of phenolic OH excluding ortho intramolecular Hbond substituents is 1. The predicted octanol–water partition coefficient (Wildman–Crippen LogP) is 3.48. The van der Waals surface area contributed by atoms with Gasteiger partial charge in [-0.05, 0) is 19.1 Å². The molecule has 3 aromatic rings. The molecule has 2 aromatic carbocycles. The fourth-order valence-electron chi connectivity index (χ4n) is 2.24. The lowest BCUT2D eigenvalue weighted by molar-refractivity contribution is 0.371. The summed E-state index contributed by atoms with van der Waals surface area (Å²) in [6.45, 7) is 1.99. The van der Waals surface area contributed by atoms with E-state index in [0.29, 0.717) is 11.1 Å². The van der Waals surface area contributed by atoms with Gasteiger partial charge in [0.15, 0.2) is 16.8 Å². The summed E-state index contributed by atoms with van der Waals surface area (Å²) in [5.41, 5.74) is 1.99. The Balaban J connectivity index is 2.31. The first kappa shape index (κ1) is 13.2. The molecule has 3 rings (SSSR count). The fourth-order valence-corrected chi connectivity index (χ4v) is 2.24. The molecule has 0 saturated carbocycles. The van der Waals surface area contributed by atoms with Gasteiger partial charge in [0.1, 0.15) is 5.76 Å². The van der Waals surface area contributed by atoms with E-state index in [2.05, 4.69) is 0 Å². The molecule has 1 heterocycles. The second-order valence-corrected chi connectivity index (χ2v) is 4.84. The molecule has 1 aromatic heterocycles. The second kappa shape index (κ2) is 4.98. The number of ether oxygens (including phenoxy) is 1. The Kier molecular flexibility index (Phi) is 3.14. The first-order chi connectivity index (χ1) is 10.1. The molecule has 0 aliphatic heterocycles. The molecule has 0 spiro atoms. The second-order valence-electron chi connectivity index (χ2n) is 4.84. The summed E-state index contributed by atoms with van der Waals surface area (Å²) in [7, 11) is 1.42. The van der Waals surface area contributed by atoms with Crippen molar-refractivity contribution in [1.29, 1.82) is 0 Å². The molecule has 0 aliphatic carbocycles. The molecule has 4 heteroatoms. The van der Waals surface area contributed by atoms with Crippen LogP contribution in [0.1, 0.15) is 5.56 Å². The molecular weight excluding hydrogens is 268 g/mol. The summed E-state index contributed by atoms with van der Waals surface area (Å²) in [5.74, 6) is 0.546. The Morgan fingerprint density at radius 2 is 1.81 bits per heavy atom. The normalized spacial score (nSPS) is 10.8. The standard InChI is InChI=1S/C17H14O4/c1-10-3-5-11(6-4-10)15-9-14(19)12-7-8-13(18)17(20-2)16(12)21-15/h3-9,18H,1-2H3. The van der Waals surface area contributed by atoms with Crippen molar-refractivity contribution in [3.05, 3.63) is 58.3 Å². The Hall–Kier alpha value is -2.75. The molecular formula is C17H14O4. The largest absolute Gasteiger partial charge is 0.504 e. The van der Waals surface area contributed by atoms with Crippen LogP contribution in [0.25, 0.3) is 22.3 Å². The molecule has 21 heavy (non-hydrogen) atoms. The van der Waals surface area contributed by atoms with Crippen LogP contribution in [0.5, 0.6) is 11.5 Å². The summed E-state index contributed by atoms with van der Waals surface area (Å²) in [6, 6.07) is 12.0. The first-order valence-corrected chi connectivity index (χ1v) is 6.51. The maximum absolute atomic E-state index is 12.2. The monoisotopic (exact) mass is 282 g/mol. The van der Waals surface area contributed by atoms with Crippen molar-refractivity contribution in [1.82, 2.24) is 0 Å². The first-order valence-electron chi connectivity index (χ1n) is 6.51. The number of methoxy groups -OCH3 is 1. The maximum atomic E-state index is 12.2. The Labute approximate surface area is 121 Å². The van der Waals surface area contributed by atoms with Gasteiger partial charge in [-0.25, -0.2) is 0 Å². The van der Waals surface area contributed by atoms with E-state index >= 15 is 0 Å². The zero-order valence-electron chi connectivity index (χ0n) is 11.7. The van der Waals surface area contributed by atoms with Gasteiger partial charge in [0.05, 0.1) is 12.5 Å². The molecule has 0 aliphatic rings. The molecule has 0 atom stereocenters. The zero-order chi connectivity index (χ0) is 15.0. The summed E-state index contributed by atoms with van der Waals surface area (Å²) < 4.78 is 10.9. The zero-order valence-corrected chi connectivity index (χ0v) is 11.7. The van der Waals surface area contributed by atoms with E-state index in [9.17, 15) is 9.90 Å². The number of hydrogen-bond donors (Lipinski definition) is 1. The van der Waals surface area contributed by atoms with Gasteiger partial charge in [-0.1, -0.05) is 29.8 Å². The Morgan fingerprint density at radius 1 is 1.10 bits per heavy atom. The lowest BCUT2D eigenvalue weighted by atomic mass is 10.1. The van der Waals surface area contributed by atoms with Crippen LogP contribution in [0.2, 0.25) is 0 Å². The summed E-state index contributed by atoms with van der Waals surface area (Å²) in [4.78, 5) is 12.2. The summed E-state index contributed by atoms with van der Waals surface area (Å²) >= 11 is 0. The highest BCUT2D eigenvalue weighted by molar-refractivity contribution is 5.86. The third-order valence-electron chi connectivity index (χ3n) is 3.37. The highest BCUT2D eigenvalue weighted by Crippen LogP contribution is 2.35. The van der Waals surface area contributed by atoms with Gasteiger partial charge in [-0.3, -0.25) is 4.79 Å². The van der Waals surface area contributed by atoms with Crippen molar-refractivity contribution in [2.24, 2.45) is 0 Å². The summed E-state index contributed by atoms with van der Waals surface area (Å²) in [5, 5.41) is 10.2. The van der Waals surface area contributed by atoms with Gasteiger partial charge in [0.25, 0.3) is 0 Å². The average Bonchev–Trinajstić information content (AvgIpc) is 2.47. The quantitative estimate of drug-likeness (QED) is 0.781. The van der Waals surface area contributed by atoms with E-state index in [0.717, 1.165) is 11.1 Å². The van der Waals surface area contributed by atoms with Gasteiger partial charge in [0, 0.05) is 11.6 Å². The number of rotatable bonds is 2. The minimum Gasteiger partial charge on any atom is -0.504 e. The highest BCUT2D eigenvalue weighted by atomic mass is 16.5. The van der Waals surface area contributed by atoms with Crippen LogP contribution in [0.4, 0.5) is 0 Å². The van der Waals surface area contributed by atoms with Gasteiger partial charge < -0.3 is 14.3 Å². The fraction of sp³-hybridized carbons (Fsp3) is 0.118. The van der Waals surface area contributed by atoms with Crippen LogP contribution in [0, 0.1) is 6.92 Å². The van der Waals surface area contributed by atoms with Crippen molar-refractivity contribution in [3.8, 4) is 22.8 Å². The van der Waals surface area contributed by atoms with Crippen molar-refractivity contribution in [2.45, 2.75) is 6.92 Å². The number of fused-ring (bicyclic) bond motifs is 1. The smallest absolute Gasteiger partial charge is 0.204 e. The molecule has 0 radical (unpaired) electrons. The highest BCUT2D eigenvalue weighted by Gasteiger charge is 2.14. The van der Waals surface area contributed by atoms with E-state index in [1.54, 1.807) is 0 Å². The van der Waals surface area contributed by atoms with Gasteiger partial charge in [-0.2, -0.15) is 0 Å². The van der Waals surface area contributed by atoms with Gasteiger partial charge in [0.2, 0.25) is 5.75 Å². The van der Waals surface area contributed by atoms with Gasteiger partial charge in [-0.15, -0.1) is 0 Å². The Morgan fingerprint density at radius 3 is 2.48 bits per heavy atom. The van der Waals surface area contributed by atoms with Crippen LogP contribution < -0.4 is 10.2 Å².